The van der Waals surface area contributed by atoms with Crippen LogP contribution >= 0.6 is 0 Å². The van der Waals surface area contributed by atoms with Gasteiger partial charge in [0, 0.05) is 5.41 Å². The summed E-state index contributed by atoms with van der Waals surface area (Å²) in [6.07, 6.45) is 0.594. The number of aliphatic carboxylic acids is 1. The van der Waals surface area contributed by atoms with E-state index in [2.05, 4.69) is 0 Å². The molecule has 0 bridgehead atoms. The highest BCUT2D eigenvalue weighted by Crippen LogP contribution is 2.18. The molecule has 0 radical (unpaired) electrons. The lowest BCUT2D eigenvalue weighted by molar-refractivity contribution is -0.140. The maximum Gasteiger partial charge on any atom is 0.305 e. The van der Waals surface area contributed by atoms with Gasteiger partial charge in [-0.3, -0.25) is 4.79 Å². The van der Waals surface area contributed by atoms with Crippen LogP contribution in [0.25, 0.3) is 0 Å². The Balaban J connectivity index is 0. The molecule has 0 atom stereocenters. The summed E-state index contributed by atoms with van der Waals surface area (Å²) in [5, 5.41) is 34.0. The zero-order valence-electron chi connectivity index (χ0n) is 9.60. The molecule has 0 spiro atoms. The molecule has 4 N–H and O–H groups in total. The molecule has 0 amide bonds. The van der Waals surface area contributed by atoms with E-state index < -0.39 is 11.4 Å². The first-order valence-electron chi connectivity index (χ1n) is 4.94. The van der Waals surface area contributed by atoms with E-state index in [4.69, 9.17) is 20.4 Å². The first-order valence-corrected chi connectivity index (χ1v) is 4.94. The average molecular weight is 222 g/mol. The number of carboxylic acids is 1. The summed E-state index contributed by atoms with van der Waals surface area (Å²) in [5.74, 6) is -0.972. The topological polar surface area (TPSA) is 98.0 Å². The molecule has 0 aromatic rings. The van der Waals surface area contributed by atoms with Crippen molar-refractivity contribution < 1.29 is 25.2 Å². The second kappa shape index (κ2) is 8.64. The van der Waals surface area contributed by atoms with Crippen molar-refractivity contribution in [2.24, 2.45) is 11.3 Å². The fraction of sp³-hybridized carbons (Fsp3) is 0.900. The number of aliphatic hydroxyl groups is 3. The highest BCUT2D eigenvalue weighted by molar-refractivity contribution is 5.68. The van der Waals surface area contributed by atoms with Crippen molar-refractivity contribution in [1.29, 1.82) is 0 Å². The van der Waals surface area contributed by atoms with E-state index in [0.717, 1.165) is 0 Å². The van der Waals surface area contributed by atoms with Crippen LogP contribution in [0.3, 0.4) is 0 Å². The van der Waals surface area contributed by atoms with Gasteiger partial charge in [-0.2, -0.15) is 0 Å². The van der Waals surface area contributed by atoms with Crippen LogP contribution in [0.1, 0.15) is 27.2 Å². The van der Waals surface area contributed by atoms with E-state index in [0.29, 0.717) is 6.42 Å². The van der Waals surface area contributed by atoms with Gasteiger partial charge < -0.3 is 20.4 Å². The standard InChI is InChI=1S/C6H14O3.C4H8O2/c1-2-6(3-7,4-8)5-9;1-3(2)4(5)6/h7-9H,2-5H2,1H3;3H,1-2H3,(H,5,6). The molecule has 15 heavy (non-hydrogen) atoms. The molecule has 92 valence electrons. The Labute approximate surface area is 90.4 Å². The molecular weight excluding hydrogens is 200 g/mol. The lowest BCUT2D eigenvalue weighted by Crippen LogP contribution is -2.32. The largest absolute Gasteiger partial charge is 0.481 e. The zero-order chi connectivity index (χ0) is 12.5. The van der Waals surface area contributed by atoms with Crippen molar-refractivity contribution in [3.05, 3.63) is 0 Å². The van der Waals surface area contributed by atoms with Crippen LogP contribution in [-0.4, -0.2) is 46.2 Å². The maximum absolute atomic E-state index is 9.70. The van der Waals surface area contributed by atoms with Gasteiger partial charge in [-0.25, -0.2) is 0 Å². The molecule has 0 saturated heterocycles. The average Bonchev–Trinajstić information content (AvgIpc) is 2.23. The predicted molar refractivity (Wildman–Crippen MR) is 56.5 cm³/mol. The second-order valence-corrected chi connectivity index (χ2v) is 3.82. The molecule has 0 aliphatic heterocycles. The molecule has 5 heteroatoms. The van der Waals surface area contributed by atoms with Crippen LogP contribution in [0.2, 0.25) is 0 Å². The molecule has 0 fully saturated rings. The Morgan fingerprint density at radius 2 is 1.40 bits per heavy atom. The Bertz CT molecular complexity index is 146. The summed E-state index contributed by atoms with van der Waals surface area (Å²) >= 11 is 0. The number of hydrogen-bond donors (Lipinski definition) is 4. The van der Waals surface area contributed by atoms with Crippen molar-refractivity contribution >= 4 is 5.97 Å². The van der Waals surface area contributed by atoms with Crippen LogP contribution in [0.5, 0.6) is 0 Å². The van der Waals surface area contributed by atoms with Crippen LogP contribution in [0.4, 0.5) is 0 Å². The Kier molecular flexibility index (Phi) is 9.66. The van der Waals surface area contributed by atoms with Gasteiger partial charge in [0.05, 0.1) is 25.7 Å². The molecule has 0 unspecified atom stereocenters. The molecule has 0 rings (SSSR count). The Morgan fingerprint density at radius 3 is 1.40 bits per heavy atom. The Hall–Kier alpha value is -0.650. The summed E-state index contributed by atoms with van der Waals surface area (Å²) in [4.78, 5) is 9.70. The third kappa shape index (κ3) is 7.30. The third-order valence-electron chi connectivity index (χ3n) is 2.25. The fourth-order valence-corrected chi connectivity index (χ4v) is 0.485. The van der Waals surface area contributed by atoms with Crippen molar-refractivity contribution in [2.75, 3.05) is 19.8 Å². The highest BCUT2D eigenvalue weighted by Gasteiger charge is 2.24. The van der Waals surface area contributed by atoms with Gasteiger partial charge in [0.15, 0.2) is 0 Å². The first-order chi connectivity index (χ1) is 6.89. The van der Waals surface area contributed by atoms with E-state index >= 15 is 0 Å². The lowest BCUT2D eigenvalue weighted by Gasteiger charge is -2.24. The number of carbonyl (C=O) groups is 1. The fourth-order valence-electron chi connectivity index (χ4n) is 0.485. The van der Waals surface area contributed by atoms with Gasteiger partial charge in [0.1, 0.15) is 0 Å². The van der Waals surface area contributed by atoms with Crippen LogP contribution < -0.4 is 0 Å². The molecule has 0 aliphatic rings. The molecule has 5 nitrogen and oxygen atoms in total. The first kappa shape index (κ1) is 16.8. The third-order valence-corrected chi connectivity index (χ3v) is 2.25. The van der Waals surface area contributed by atoms with E-state index in [9.17, 15) is 4.79 Å². The number of rotatable bonds is 5. The maximum atomic E-state index is 9.70. The van der Waals surface area contributed by atoms with Crippen LogP contribution in [-0.2, 0) is 4.79 Å². The Morgan fingerprint density at radius 1 is 1.13 bits per heavy atom. The van der Waals surface area contributed by atoms with Gasteiger partial charge in [-0.15, -0.1) is 0 Å². The second-order valence-electron chi connectivity index (χ2n) is 3.82. The molecular formula is C10H22O5. The molecule has 0 aromatic heterocycles. The molecule has 0 aromatic carbocycles. The van der Waals surface area contributed by atoms with Crippen LogP contribution in [0.15, 0.2) is 0 Å². The smallest absolute Gasteiger partial charge is 0.305 e. The summed E-state index contributed by atoms with van der Waals surface area (Å²) in [5.41, 5.74) is -0.667. The van der Waals surface area contributed by atoms with Crippen LogP contribution in [0, 0.1) is 11.3 Å². The minimum absolute atomic E-state index is 0.156. The van der Waals surface area contributed by atoms with Crippen molar-refractivity contribution in [3.63, 3.8) is 0 Å². The van der Waals surface area contributed by atoms with Crippen molar-refractivity contribution in [3.8, 4) is 0 Å². The molecule has 0 heterocycles. The number of hydrogen-bond acceptors (Lipinski definition) is 4. The summed E-state index contributed by atoms with van der Waals surface area (Å²) in [6, 6.07) is 0. The van der Waals surface area contributed by atoms with Crippen molar-refractivity contribution in [1.82, 2.24) is 0 Å². The molecule has 0 saturated carbocycles. The molecule has 0 aliphatic carbocycles. The highest BCUT2D eigenvalue weighted by atomic mass is 16.4. The van der Waals surface area contributed by atoms with E-state index in [1.165, 1.54) is 0 Å². The van der Waals surface area contributed by atoms with Crippen molar-refractivity contribution in [2.45, 2.75) is 27.2 Å². The summed E-state index contributed by atoms with van der Waals surface area (Å²) < 4.78 is 0. The van der Waals surface area contributed by atoms with Gasteiger partial charge in [0.25, 0.3) is 0 Å². The minimum Gasteiger partial charge on any atom is -0.481 e. The normalized spacial score (nSPS) is 10.9. The van der Waals surface area contributed by atoms with Gasteiger partial charge in [0.2, 0.25) is 0 Å². The van der Waals surface area contributed by atoms with Gasteiger partial charge in [-0.1, -0.05) is 20.8 Å². The van der Waals surface area contributed by atoms with E-state index in [-0.39, 0.29) is 25.7 Å². The van der Waals surface area contributed by atoms with E-state index in [1.807, 2.05) is 6.92 Å². The zero-order valence-corrected chi connectivity index (χ0v) is 9.60. The lowest BCUT2D eigenvalue weighted by atomic mass is 9.88. The monoisotopic (exact) mass is 222 g/mol. The number of aliphatic hydroxyl groups excluding tert-OH is 3. The minimum atomic E-state index is -0.741. The summed E-state index contributed by atoms with van der Waals surface area (Å²) in [6.45, 7) is 4.64. The van der Waals surface area contributed by atoms with Gasteiger partial charge in [-0.05, 0) is 6.42 Å². The number of carboxylic acid groups (broad SMARTS) is 1. The predicted octanol–water partition coefficient (Wildman–Crippen LogP) is 0.0867. The SMILES string of the molecule is CC(C)C(=O)O.CCC(CO)(CO)CO. The summed E-state index contributed by atoms with van der Waals surface area (Å²) in [7, 11) is 0. The van der Waals surface area contributed by atoms with E-state index in [1.54, 1.807) is 13.8 Å². The van der Waals surface area contributed by atoms with Gasteiger partial charge >= 0.3 is 5.97 Å². The quantitative estimate of drug-likeness (QED) is 0.528.